The number of primary amides is 1. The Labute approximate surface area is 143 Å². The maximum absolute atomic E-state index is 12.9. The lowest BCUT2D eigenvalue weighted by atomic mass is 10.3. The summed E-state index contributed by atoms with van der Waals surface area (Å²) in [5, 5.41) is -0.230. The molecule has 0 spiro atoms. The van der Waals surface area contributed by atoms with Crippen LogP contribution < -0.4 is 10.6 Å². The van der Waals surface area contributed by atoms with Gasteiger partial charge in [-0.15, -0.1) is 0 Å². The molecule has 0 aliphatic heterocycles. The fourth-order valence-electron chi connectivity index (χ4n) is 2.20. The molecule has 2 aromatic heterocycles. The molecule has 25 heavy (non-hydrogen) atoms. The molecule has 3 rings (SSSR count). The third-order valence-corrected chi connectivity index (χ3v) is 5.01. The van der Waals surface area contributed by atoms with Crippen LogP contribution in [0.3, 0.4) is 0 Å². The predicted molar refractivity (Wildman–Crippen MR) is 86.2 cm³/mol. The minimum Gasteiger partial charge on any atom is -0.447 e. The first-order valence-electron chi connectivity index (χ1n) is 7.04. The number of anilines is 1. The highest BCUT2D eigenvalue weighted by Gasteiger charge is 2.27. The lowest BCUT2D eigenvalue weighted by molar-refractivity contribution is 0.253. The first-order valence-corrected chi connectivity index (χ1v) is 8.53. The molecule has 0 bridgehead atoms. The van der Waals surface area contributed by atoms with Crippen molar-refractivity contribution < 1.29 is 17.6 Å². The van der Waals surface area contributed by atoms with Crippen LogP contribution in [-0.2, 0) is 16.4 Å². The van der Waals surface area contributed by atoms with E-state index in [2.05, 4.69) is 15.0 Å². The van der Waals surface area contributed by atoms with E-state index in [4.69, 9.17) is 10.2 Å². The number of rotatable bonds is 5. The molecule has 0 fully saturated rings. The predicted octanol–water partition coefficient (Wildman–Crippen LogP) is 1.38. The number of aromatic nitrogens is 3. The van der Waals surface area contributed by atoms with E-state index in [-0.39, 0.29) is 22.2 Å². The van der Waals surface area contributed by atoms with Crippen molar-refractivity contribution in [2.75, 3.05) is 4.90 Å². The van der Waals surface area contributed by atoms with Crippen LogP contribution in [0.5, 0.6) is 0 Å². The highest BCUT2D eigenvalue weighted by Crippen LogP contribution is 2.30. The summed E-state index contributed by atoms with van der Waals surface area (Å²) in [4.78, 5) is 24.3. The van der Waals surface area contributed by atoms with Gasteiger partial charge in [0.15, 0.2) is 11.4 Å². The second-order valence-corrected chi connectivity index (χ2v) is 6.77. The van der Waals surface area contributed by atoms with Gasteiger partial charge in [0.05, 0.1) is 29.5 Å². The van der Waals surface area contributed by atoms with Crippen LogP contribution >= 0.6 is 0 Å². The summed E-state index contributed by atoms with van der Waals surface area (Å²) in [7, 11) is -4.00. The summed E-state index contributed by atoms with van der Waals surface area (Å²) in [6.45, 7) is -0.0671. The van der Waals surface area contributed by atoms with E-state index in [1.54, 1.807) is 12.1 Å². The van der Waals surface area contributed by atoms with Crippen LogP contribution in [0, 0.1) is 0 Å². The van der Waals surface area contributed by atoms with Crippen molar-refractivity contribution >= 4 is 21.6 Å². The van der Waals surface area contributed by atoms with Crippen LogP contribution in [0.2, 0.25) is 0 Å². The molecule has 0 aliphatic carbocycles. The summed E-state index contributed by atoms with van der Waals surface area (Å²) < 4.78 is 30.8. The minimum atomic E-state index is -4.00. The number of benzene rings is 1. The first kappa shape index (κ1) is 16.6. The SMILES string of the molecule is NC(=O)N(Cc1cnco1)c1ccccc1S(=O)(=O)c1cnccn1. The number of sulfone groups is 1. The van der Waals surface area contributed by atoms with Gasteiger partial charge in [-0.2, -0.15) is 0 Å². The van der Waals surface area contributed by atoms with E-state index in [0.29, 0.717) is 5.76 Å². The molecule has 1 aromatic carbocycles. The molecular formula is C15H13N5O4S. The Morgan fingerprint density at radius 2 is 1.96 bits per heavy atom. The molecule has 2 N–H and O–H groups in total. The Hall–Kier alpha value is -3.27. The second-order valence-electron chi connectivity index (χ2n) is 4.91. The first-order chi connectivity index (χ1) is 12.0. The fourth-order valence-corrected chi connectivity index (χ4v) is 3.54. The molecule has 3 aromatic rings. The van der Waals surface area contributed by atoms with Crippen LogP contribution in [0.25, 0.3) is 0 Å². The Balaban J connectivity index is 2.10. The third-order valence-electron chi connectivity index (χ3n) is 3.32. The average molecular weight is 359 g/mol. The van der Waals surface area contributed by atoms with Gasteiger partial charge in [-0.3, -0.25) is 9.88 Å². The molecule has 2 amide bonds. The maximum Gasteiger partial charge on any atom is 0.319 e. The second kappa shape index (κ2) is 6.69. The zero-order chi connectivity index (χ0) is 17.9. The number of carbonyl (C=O) groups is 1. The van der Waals surface area contributed by atoms with Crippen LogP contribution in [0.1, 0.15) is 5.76 Å². The molecular weight excluding hydrogens is 346 g/mol. The topological polar surface area (TPSA) is 132 Å². The number of hydrogen-bond acceptors (Lipinski definition) is 7. The minimum absolute atomic E-state index is 0.0671. The van der Waals surface area contributed by atoms with Gasteiger partial charge in [0.2, 0.25) is 9.84 Å². The molecule has 9 nitrogen and oxygen atoms in total. The van der Waals surface area contributed by atoms with Crippen molar-refractivity contribution in [1.29, 1.82) is 0 Å². The quantitative estimate of drug-likeness (QED) is 0.727. The number of amides is 2. The largest absolute Gasteiger partial charge is 0.447 e. The Morgan fingerprint density at radius 3 is 2.60 bits per heavy atom. The monoisotopic (exact) mass is 359 g/mol. The van der Waals surface area contributed by atoms with E-state index in [0.717, 1.165) is 11.1 Å². The zero-order valence-electron chi connectivity index (χ0n) is 12.8. The van der Waals surface area contributed by atoms with Gasteiger partial charge in [0.25, 0.3) is 0 Å². The molecule has 2 heterocycles. The summed E-state index contributed by atoms with van der Waals surface area (Å²) >= 11 is 0. The standard InChI is InChI=1S/C15H13N5O4S/c16-15(21)20(9-11-7-18-10-24-11)12-3-1-2-4-13(12)25(22,23)14-8-17-5-6-19-14/h1-8,10H,9H2,(H2,16,21). The lowest BCUT2D eigenvalue weighted by Gasteiger charge is -2.21. The van der Waals surface area contributed by atoms with E-state index >= 15 is 0 Å². The van der Waals surface area contributed by atoms with Crippen molar-refractivity contribution in [1.82, 2.24) is 15.0 Å². The van der Waals surface area contributed by atoms with Crippen molar-refractivity contribution in [3.05, 3.63) is 61.2 Å². The summed E-state index contributed by atoms with van der Waals surface area (Å²) in [6.07, 6.45) is 6.39. The molecule has 0 aliphatic rings. The number of urea groups is 1. The number of nitrogens with zero attached hydrogens (tertiary/aromatic N) is 4. The van der Waals surface area contributed by atoms with Gasteiger partial charge in [0.1, 0.15) is 5.76 Å². The highest BCUT2D eigenvalue weighted by molar-refractivity contribution is 7.91. The molecule has 0 radical (unpaired) electrons. The van der Waals surface area contributed by atoms with Crippen molar-refractivity contribution in [3.8, 4) is 0 Å². The van der Waals surface area contributed by atoms with Gasteiger partial charge in [-0.25, -0.2) is 23.2 Å². The number of para-hydroxylation sites is 1. The van der Waals surface area contributed by atoms with E-state index < -0.39 is 15.9 Å². The molecule has 128 valence electrons. The Morgan fingerprint density at radius 1 is 1.16 bits per heavy atom. The average Bonchev–Trinajstić information content (AvgIpc) is 3.13. The number of carbonyl (C=O) groups excluding carboxylic acids is 1. The summed E-state index contributed by atoms with van der Waals surface area (Å²) in [5.41, 5.74) is 5.55. The number of nitrogens with two attached hydrogens (primary N) is 1. The van der Waals surface area contributed by atoms with E-state index in [1.807, 2.05) is 0 Å². The van der Waals surface area contributed by atoms with E-state index in [1.165, 1.54) is 37.1 Å². The van der Waals surface area contributed by atoms with Gasteiger partial charge in [-0.05, 0) is 12.1 Å². The lowest BCUT2D eigenvalue weighted by Crippen LogP contribution is -2.36. The van der Waals surface area contributed by atoms with Gasteiger partial charge in [0, 0.05) is 12.4 Å². The van der Waals surface area contributed by atoms with Crippen LogP contribution in [0.15, 0.2) is 69.8 Å². The normalized spacial score (nSPS) is 11.2. The summed E-state index contributed by atoms with van der Waals surface area (Å²) in [5.74, 6) is 0.352. The van der Waals surface area contributed by atoms with Crippen LogP contribution in [-0.4, -0.2) is 29.4 Å². The summed E-state index contributed by atoms with van der Waals surface area (Å²) in [6, 6.07) is 5.15. The molecule has 0 atom stereocenters. The molecule has 0 saturated heterocycles. The number of oxazole rings is 1. The zero-order valence-corrected chi connectivity index (χ0v) is 13.6. The highest BCUT2D eigenvalue weighted by atomic mass is 32.2. The van der Waals surface area contributed by atoms with Crippen molar-refractivity contribution in [2.24, 2.45) is 5.73 Å². The van der Waals surface area contributed by atoms with Crippen molar-refractivity contribution in [2.45, 2.75) is 16.5 Å². The van der Waals surface area contributed by atoms with Crippen LogP contribution in [0.4, 0.5) is 10.5 Å². The molecule has 0 unspecified atom stereocenters. The fraction of sp³-hybridized carbons (Fsp3) is 0.0667. The van der Waals surface area contributed by atoms with E-state index in [9.17, 15) is 13.2 Å². The third kappa shape index (κ3) is 3.33. The number of hydrogen-bond donors (Lipinski definition) is 1. The molecule has 10 heteroatoms. The Kier molecular flexibility index (Phi) is 4.44. The smallest absolute Gasteiger partial charge is 0.319 e. The van der Waals surface area contributed by atoms with Crippen molar-refractivity contribution in [3.63, 3.8) is 0 Å². The molecule has 0 saturated carbocycles. The van der Waals surface area contributed by atoms with Gasteiger partial charge < -0.3 is 10.2 Å². The van der Waals surface area contributed by atoms with Gasteiger partial charge in [-0.1, -0.05) is 12.1 Å². The maximum atomic E-state index is 12.9. The van der Waals surface area contributed by atoms with Gasteiger partial charge >= 0.3 is 6.03 Å². The Bertz CT molecular complexity index is 974.